The third-order valence-electron chi connectivity index (χ3n) is 3.12. The van der Waals surface area contributed by atoms with Crippen molar-refractivity contribution in [3.05, 3.63) is 0 Å². The topological polar surface area (TPSA) is 29.1 Å². The molecule has 0 fully saturated rings. The molecule has 0 aromatic carbocycles. The molecule has 0 aromatic heterocycles. The summed E-state index contributed by atoms with van der Waals surface area (Å²) >= 11 is 0. The van der Waals surface area contributed by atoms with Crippen molar-refractivity contribution in [3.8, 4) is 12.3 Å². The molecule has 2 heteroatoms. The SMILES string of the molecule is C#CC(CCC)NC(=O)CCCCCCCCC. The Morgan fingerprint density at radius 3 is 2.22 bits per heavy atom. The largest absolute Gasteiger partial charge is 0.342 e. The van der Waals surface area contributed by atoms with Crippen LogP contribution in [0.2, 0.25) is 0 Å². The summed E-state index contributed by atoms with van der Waals surface area (Å²) in [6.07, 6.45) is 16.5. The van der Waals surface area contributed by atoms with E-state index in [1.165, 1.54) is 32.1 Å². The summed E-state index contributed by atoms with van der Waals surface area (Å²) in [5.41, 5.74) is 0. The van der Waals surface area contributed by atoms with E-state index >= 15 is 0 Å². The maximum absolute atomic E-state index is 11.6. The Labute approximate surface area is 113 Å². The number of terminal acetylenes is 1. The normalized spacial score (nSPS) is 11.8. The molecule has 1 atom stereocenters. The molecule has 18 heavy (non-hydrogen) atoms. The molecule has 104 valence electrons. The maximum Gasteiger partial charge on any atom is 0.220 e. The summed E-state index contributed by atoms with van der Waals surface area (Å²) in [6, 6.07) is -0.0768. The van der Waals surface area contributed by atoms with Gasteiger partial charge in [-0.1, -0.05) is 64.7 Å². The standard InChI is InChI=1S/C16H29NO/c1-4-7-8-9-10-11-12-14-16(18)17-15(6-3)13-5-2/h3,15H,4-5,7-14H2,1-2H3,(H,17,18). The van der Waals surface area contributed by atoms with Crippen molar-refractivity contribution in [1.82, 2.24) is 5.32 Å². The fraction of sp³-hybridized carbons (Fsp3) is 0.812. The number of nitrogens with one attached hydrogen (secondary N) is 1. The molecule has 0 radical (unpaired) electrons. The molecular weight excluding hydrogens is 222 g/mol. The quantitative estimate of drug-likeness (QED) is 0.436. The summed E-state index contributed by atoms with van der Waals surface area (Å²) in [4.78, 5) is 11.6. The van der Waals surface area contributed by atoms with Gasteiger partial charge in [0.2, 0.25) is 5.91 Å². The van der Waals surface area contributed by atoms with Crippen molar-refractivity contribution in [3.63, 3.8) is 0 Å². The van der Waals surface area contributed by atoms with Gasteiger partial charge in [0.25, 0.3) is 0 Å². The van der Waals surface area contributed by atoms with Gasteiger partial charge in [0.1, 0.15) is 0 Å². The van der Waals surface area contributed by atoms with Gasteiger partial charge >= 0.3 is 0 Å². The third-order valence-corrected chi connectivity index (χ3v) is 3.12. The molecule has 0 aliphatic rings. The molecule has 0 bridgehead atoms. The van der Waals surface area contributed by atoms with Gasteiger partial charge in [0, 0.05) is 6.42 Å². The van der Waals surface area contributed by atoms with E-state index in [2.05, 4.69) is 25.1 Å². The first-order valence-corrected chi connectivity index (χ1v) is 7.50. The van der Waals surface area contributed by atoms with Crippen LogP contribution < -0.4 is 5.32 Å². The zero-order chi connectivity index (χ0) is 13.6. The molecule has 0 saturated carbocycles. The zero-order valence-electron chi connectivity index (χ0n) is 12.1. The molecule has 2 nitrogen and oxygen atoms in total. The fourth-order valence-electron chi connectivity index (χ4n) is 2.00. The lowest BCUT2D eigenvalue weighted by molar-refractivity contribution is -0.121. The van der Waals surface area contributed by atoms with Gasteiger partial charge in [-0.05, 0) is 12.8 Å². The van der Waals surface area contributed by atoms with Crippen molar-refractivity contribution in [1.29, 1.82) is 0 Å². The highest BCUT2D eigenvalue weighted by Crippen LogP contribution is 2.08. The average Bonchev–Trinajstić information content (AvgIpc) is 2.37. The van der Waals surface area contributed by atoms with Crippen LogP contribution in [0.4, 0.5) is 0 Å². The highest BCUT2D eigenvalue weighted by atomic mass is 16.1. The van der Waals surface area contributed by atoms with Crippen LogP contribution in [0.25, 0.3) is 0 Å². The van der Waals surface area contributed by atoms with E-state index in [1.807, 2.05) is 0 Å². The van der Waals surface area contributed by atoms with Crippen molar-refractivity contribution in [2.24, 2.45) is 0 Å². The smallest absolute Gasteiger partial charge is 0.220 e. The first-order chi connectivity index (χ1) is 8.74. The van der Waals surface area contributed by atoms with Crippen LogP contribution in [0.1, 0.15) is 78.1 Å². The first kappa shape index (κ1) is 17.0. The Morgan fingerprint density at radius 1 is 1.06 bits per heavy atom. The third kappa shape index (κ3) is 10.2. The Hall–Kier alpha value is -0.970. The molecule has 0 heterocycles. The predicted octanol–water partition coefficient (Wildman–Crippen LogP) is 4.05. The van der Waals surface area contributed by atoms with E-state index in [9.17, 15) is 4.79 Å². The second-order valence-corrected chi connectivity index (χ2v) is 4.95. The average molecular weight is 251 g/mol. The molecule has 0 saturated heterocycles. The summed E-state index contributed by atoms with van der Waals surface area (Å²) in [5.74, 6) is 2.74. The van der Waals surface area contributed by atoms with E-state index in [1.54, 1.807) is 0 Å². The van der Waals surface area contributed by atoms with Gasteiger partial charge in [0.05, 0.1) is 6.04 Å². The minimum Gasteiger partial charge on any atom is -0.342 e. The van der Waals surface area contributed by atoms with Crippen LogP contribution in [-0.4, -0.2) is 11.9 Å². The van der Waals surface area contributed by atoms with Gasteiger partial charge in [-0.25, -0.2) is 0 Å². The fourth-order valence-corrected chi connectivity index (χ4v) is 2.00. The molecule has 0 aliphatic carbocycles. The summed E-state index contributed by atoms with van der Waals surface area (Å²) in [7, 11) is 0. The Balaban J connectivity index is 3.44. The van der Waals surface area contributed by atoms with Gasteiger partial charge in [-0.3, -0.25) is 4.79 Å². The van der Waals surface area contributed by atoms with Crippen molar-refractivity contribution < 1.29 is 4.79 Å². The number of unbranched alkanes of at least 4 members (excludes halogenated alkanes) is 6. The van der Waals surface area contributed by atoms with Gasteiger partial charge in [0.15, 0.2) is 0 Å². The number of carbonyl (C=O) groups is 1. The lowest BCUT2D eigenvalue weighted by atomic mass is 10.1. The maximum atomic E-state index is 11.6. The molecule has 0 spiro atoms. The number of hydrogen-bond donors (Lipinski definition) is 1. The number of hydrogen-bond acceptors (Lipinski definition) is 1. The van der Waals surface area contributed by atoms with Crippen LogP contribution in [0.3, 0.4) is 0 Å². The zero-order valence-corrected chi connectivity index (χ0v) is 12.1. The molecule has 1 N–H and O–H groups in total. The van der Waals surface area contributed by atoms with Gasteiger partial charge in [-0.2, -0.15) is 0 Å². The summed E-state index contributed by atoms with van der Waals surface area (Å²) < 4.78 is 0. The van der Waals surface area contributed by atoms with Gasteiger partial charge < -0.3 is 5.32 Å². The molecule has 1 unspecified atom stereocenters. The van der Waals surface area contributed by atoms with E-state index in [-0.39, 0.29) is 11.9 Å². The van der Waals surface area contributed by atoms with Crippen LogP contribution in [0.15, 0.2) is 0 Å². The van der Waals surface area contributed by atoms with E-state index in [4.69, 9.17) is 6.42 Å². The first-order valence-electron chi connectivity index (χ1n) is 7.50. The molecular formula is C16H29NO. The minimum atomic E-state index is -0.0768. The Bertz CT molecular complexity index is 242. The van der Waals surface area contributed by atoms with E-state index in [0.717, 1.165) is 25.7 Å². The Morgan fingerprint density at radius 2 is 1.67 bits per heavy atom. The van der Waals surface area contributed by atoms with Crippen LogP contribution >= 0.6 is 0 Å². The summed E-state index contributed by atoms with van der Waals surface area (Å²) in [5, 5.41) is 2.90. The van der Waals surface area contributed by atoms with E-state index < -0.39 is 0 Å². The molecule has 0 aliphatic heterocycles. The molecule has 0 aromatic rings. The second-order valence-electron chi connectivity index (χ2n) is 4.95. The van der Waals surface area contributed by atoms with Crippen molar-refractivity contribution in [2.75, 3.05) is 0 Å². The second kappa shape index (κ2) is 12.5. The number of carbonyl (C=O) groups excluding carboxylic acids is 1. The number of rotatable bonds is 11. The molecule has 1 amide bonds. The highest BCUT2D eigenvalue weighted by Gasteiger charge is 2.07. The van der Waals surface area contributed by atoms with Crippen molar-refractivity contribution in [2.45, 2.75) is 84.1 Å². The van der Waals surface area contributed by atoms with Crippen LogP contribution in [0, 0.1) is 12.3 Å². The predicted molar refractivity (Wildman–Crippen MR) is 78.3 cm³/mol. The van der Waals surface area contributed by atoms with E-state index in [0.29, 0.717) is 6.42 Å². The Kier molecular flexibility index (Phi) is 11.8. The van der Waals surface area contributed by atoms with Gasteiger partial charge in [-0.15, -0.1) is 6.42 Å². The van der Waals surface area contributed by atoms with Crippen LogP contribution in [-0.2, 0) is 4.79 Å². The van der Waals surface area contributed by atoms with Crippen LogP contribution in [0.5, 0.6) is 0 Å². The lowest BCUT2D eigenvalue weighted by Gasteiger charge is -2.11. The van der Waals surface area contributed by atoms with Crippen molar-refractivity contribution >= 4 is 5.91 Å². The monoisotopic (exact) mass is 251 g/mol. The summed E-state index contributed by atoms with van der Waals surface area (Å²) in [6.45, 7) is 4.30. The lowest BCUT2D eigenvalue weighted by Crippen LogP contribution is -2.33. The minimum absolute atomic E-state index is 0.0768. The highest BCUT2D eigenvalue weighted by molar-refractivity contribution is 5.76. The number of amides is 1. The molecule has 0 rings (SSSR count).